The van der Waals surface area contributed by atoms with Crippen LogP contribution in [-0.4, -0.2) is 22.9 Å². The molecule has 0 aliphatic heterocycles. The lowest BCUT2D eigenvalue weighted by Crippen LogP contribution is -2.34. The number of nitrogens with one attached hydrogen (secondary N) is 3. The fraction of sp³-hybridized carbons (Fsp3) is 0.138. The first-order chi connectivity index (χ1) is 18.3. The molecule has 0 unspecified atom stereocenters. The molecular weight excluding hydrogens is 500 g/mol. The first-order valence-corrected chi connectivity index (χ1v) is 12.5. The van der Waals surface area contributed by atoms with Gasteiger partial charge in [0.15, 0.2) is 0 Å². The van der Waals surface area contributed by atoms with Crippen LogP contribution in [0.25, 0.3) is 11.3 Å². The molecule has 1 aromatic heterocycles. The van der Waals surface area contributed by atoms with Gasteiger partial charge in [0.2, 0.25) is 5.91 Å². The molecule has 0 saturated carbocycles. The van der Waals surface area contributed by atoms with E-state index in [1.165, 1.54) is 4.57 Å². The normalized spacial score (nSPS) is 10.7. The van der Waals surface area contributed by atoms with Crippen LogP contribution in [0.15, 0.2) is 89.7 Å². The molecule has 0 bridgehead atoms. The summed E-state index contributed by atoms with van der Waals surface area (Å²) in [5.41, 5.74) is 16.0. The third-order valence-electron chi connectivity index (χ3n) is 6.03. The Morgan fingerprint density at radius 3 is 2.42 bits per heavy atom. The summed E-state index contributed by atoms with van der Waals surface area (Å²) in [7, 11) is 0. The molecule has 194 valence electrons. The van der Waals surface area contributed by atoms with Gasteiger partial charge in [-0.2, -0.15) is 0 Å². The number of halogens is 1. The maximum absolute atomic E-state index is 13.5. The summed E-state index contributed by atoms with van der Waals surface area (Å²) in [4.78, 5) is 26.4. The van der Waals surface area contributed by atoms with Gasteiger partial charge in [0.05, 0.1) is 5.69 Å². The Kier molecular flexibility index (Phi) is 8.45. The molecular formula is C29H29ClN6O2. The number of nitrogens with zero attached hydrogens (tertiary/aromatic N) is 1. The highest BCUT2D eigenvalue weighted by Crippen LogP contribution is 2.22. The second-order valence-electron chi connectivity index (χ2n) is 8.84. The molecule has 8 nitrogen and oxygen atoms in total. The second-order valence-corrected chi connectivity index (χ2v) is 9.28. The lowest BCUT2D eigenvalue weighted by atomic mass is 10.1. The average molecular weight is 529 g/mol. The molecule has 0 aliphatic carbocycles. The van der Waals surface area contributed by atoms with Crippen molar-refractivity contribution in [3.05, 3.63) is 117 Å². The Bertz CT molecular complexity index is 1510. The number of amides is 1. The fourth-order valence-electron chi connectivity index (χ4n) is 4.06. The number of nitrogens with two attached hydrogens (primary N) is 2. The van der Waals surface area contributed by atoms with Crippen LogP contribution in [0, 0.1) is 5.41 Å². The zero-order chi connectivity index (χ0) is 27.1. The largest absolute Gasteiger partial charge is 0.399 e. The second kappa shape index (κ2) is 12.1. The van der Waals surface area contributed by atoms with E-state index >= 15 is 0 Å². The molecule has 0 spiro atoms. The summed E-state index contributed by atoms with van der Waals surface area (Å²) in [6, 6.07) is 25.4. The van der Waals surface area contributed by atoms with Crippen molar-refractivity contribution < 1.29 is 4.79 Å². The van der Waals surface area contributed by atoms with E-state index in [0.717, 1.165) is 16.7 Å². The highest BCUT2D eigenvalue weighted by molar-refractivity contribution is 6.30. The number of aromatic nitrogens is 1. The van der Waals surface area contributed by atoms with E-state index in [2.05, 4.69) is 10.6 Å². The number of benzene rings is 3. The molecule has 0 radical (unpaired) electrons. The number of rotatable bonds is 10. The van der Waals surface area contributed by atoms with Crippen LogP contribution >= 0.6 is 11.6 Å². The number of anilines is 2. The standard InChI is InChI=1S/C29H29ClN6O2/c30-23-5-1-3-19(15-23)13-14-34-25-11-12-26(22-4-2-6-24(31)16-22)36(29(25)38)18-27(37)35-17-20-7-9-21(10-8-20)28(32)33/h1-12,15-16,34H,13-14,17-18,31H2,(H3,32,33)(H,35,37). The summed E-state index contributed by atoms with van der Waals surface area (Å²) in [5, 5.41) is 14.2. The maximum atomic E-state index is 13.5. The number of carbonyl (C=O) groups is 1. The Morgan fingerprint density at radius 1 is 0.947 bits per heavy atom. The van der Waals surface area contributed by atoms with E-state index in [-0.39, 0.29) is 30.4 Å². The van der Waals surface area contributed by atoms with Crippen LogP contribution in [0.5, 0.6) is 0 Å². The minimum Gasteiger partial charge on any atom is -0.399 e. The molecule has 0 aliphatic rings. The van der Waals surface area contributed by atoms with Gasteiger partial charge in [0.25, 0.3) is 5.56 Å². The number of hydrogen-bond acceptors (Lipinski definition) is 5. The van der Waals surface area contributed by atoms with Crippen molar-refractivity contribution in [2.75, 3.05) is 17.6 Å². The van der Waals surface area contributed by atoms with Crippen molar-refractivity contribution in [1.82, 2.24) is 9.88 Å². The first kappa shape index (κ1) is 26.5. The Hall–Kier alpha value is -4.56. The predicted molar refractivity (Wildman–Crippen MR) is 154 cm³/mol. The van der Waals surface area contributed by atoms with Crippen molar-refractivity contribution in [3.8, 4) is 11.3 Å². The van der Waals surface area contributed by atoms with Crippen molar-refractivity contribution in [2.24, 2.45) is 5.73 Å². The van der Waals surface area contributed by atoms with Gasteiger partial charge in [0, 0.05) is 34.9 Å². The van der Waals surface area contributed by atoms with Gasteiger partial charge in [-0.3, -0.25) is 19.6 Å². The zero-order valence-electron chi connectivity index (χ0n) is 20.7. The van der Waals surface area contributed by atoms with Gasteiger partial charge in [0.1, 0.15) is 18.1 Å². The highest BCUT2D eigenvalue weighted by Gasteiger charge is 2.14. The average Bonchev–Trinajstić information content (AvgIpc) is 2.90. The number of amidine groups is 1. The summed E-state index contributed by atoms with van der Waals surface area (Å²) in [6.07, 6.45) is 0.680. The monoisotopic (exact) mass is 528 g/mol. The molecule has 3 aromatic carbocycles. The molecule has 0 saturated heterocycles. The summed E-state index contributed by atoms with van der Waals surface area (Å²) in [6.45, 7) is 0.630. The molecule has 0 fully saturated rings. The van der Waals surface area contributed by atoms with Gasteiger partial charge in [-0.15, -0.1) is 0 Å². The minimum atomic E-state index is -0.316. The summed E-state index contributed by atoms with van der Waals surface area (Å²) in [5.74, 6) is -0.334. The topological polar surface area (TPSA) is 139 Å². The van der Waals surface area contributed by atoms with Crippen molar-refractivity contribution >= 4 is 34.7 Å². The van der Waals surface area contributed by atoms with Crippen LogP contribution in [0.3, 0.4) is 0 Å². The van der Waals surface area contributed by atoms with Crippen molar-refractivity contribution in [3.63, 3.8) is 0 Å². The quantitative estimate of drug-likeness (QED) is 0.120. The Morgan fingerprint density at radius 2 is 1.71 bits per heavy atom. The van der Waals surface area contributed by atoms with E-state index in [4.69, 9.17) is 28.5 Å². The molecule has 1 amide bonds. The Labute approximate surface area is 225 Å². The number of hydrogen-bond donors (Lipinski definition) is 5. The van der Waals surface area contributed by atoms with Gasteiger partial charge in [-0.05, 0) is 53.9 Å². The van der Waals surface area contributed by atoms with Gasteiger partial charge in [-0.1, -0.05) is 60.1 Å². The van der Waals surface area contributed by atoms with E-state index in [1.807, 2.05) is 36.4 Å². The van der Waals surface area contributed by atoms with Gasteiger partial charge < -0.3 is 22.1 Å². The van der Waals surface area contributed by atoms with Crippen LogP contribution in [0.2, 0.25) is 5.02 Å². The molecule has 7 N–H and O–H groups in total. The molecule has 4 rings (SSSR count). The van der Waals surface area contributed by atoms with E-state index in [9.17, 15) is 9.59 Å². The summed E-state index contributed by atoms with van der Waals surface area (Å²) < 4.78 is 1.45. The Balaban J connectivity index is 1.52. The van der Waals surface area contributed by atoms with E-state index in [1.54, 1.807) is 48.5 Å². The van der Waals surface area contributed by atoms with Crippen molar-refractivity contribution in [1.29, 1.82) is 5.41 Å². The van der Waals surface area contributed by atoms with Gasteiger partial charge >= 0.3 is 0 Å². The van der Waals surface area contributed by atoms with Crippen LogP contribution in [-0.2, 0) is 24.3 Å². The first-order valence-electron chi connectivity index (χ1n) is 12.1. The smallest absolute Gasteiger partial charge is 0.274 e. The number of carbonyl (C=O) groups excluding carboxylic acids is 1. The number of pyridine rings is 1. The molecule has 1 heterocycles. The predicted octanol–water partition coefficient (Wildman–Crippen LogP) is 4.01. The molecule has 38 heavy (non-hydrogen) atoms. The van der Waals surface area contributed by atoms with Gasteiger partial charge in [-0.25, -0.2) is 0 Å². The van der Waals surface area contributed by atoms with E-state index in [0.29, 0.717) is 40.6 Å². The lowest BCUT2D eigenvalue weighted by molar-refractivity contribution is -0.121. The lowest BCUT2D eigenvalue weighted by Gasteiger charge is -2.16. The van der Waals surface area contributed by atoms with Crippen LogP contribution in [0.4, 0.5) is 11.4 Å². The zero-order valence-corrected chi connectivity index (χ0v) is 21.5. The van der Waals surface area contributed by atoms with Crippen LogP contribution in [0.1, 0.15) is 16.7 Å². The highest BCUT2D eigenvalue weighted by atomic mass is 35.5. The summed E-state index contributed by atoms with van der Waals surface area (Å²) >= 11 is 6.07. The fourth-order valence-corrected chi connectivity index (χ4v) is 4.27. The third-order valence-corrected chi connectivity index (χ3v) is 6.27. The maximum Gasteiger partial charge on any atom is 0.274 e. The molecule has 0 atom stereocenters. The SMILES string of the molecule is N=C(N)c1ccc(CNC(=O)Cn2c(-c3cccc(N)c3)ccc(NCCc3cccc(Cl)c3)c2=O)cc1. The third kappa shape index (κ3) is 6.80. The van der Waals surface area contributed by atoms with Crippen LogP contribution < -0.4 is 27.7 Å². The van der Waals surface area contributed by atoms with E-state index < -0.39 is 0 Å². The van der Waals surface area contributed by atoms with Crippen molar-refractivity contribution in [2.45, 2.75) is 19.5 Å². The molecule has 4 aromatic rings. The number of nitrogen functional groups attached to an aromatic ring is 2. The molecule has 9 heteroatoms. The minimum absolute atomic E-state index is 0.0184.